The Morgan fingerprint density at radius 1 is 1.50 bits per heavy atom. The van der Waals surface area contributed by atoms with Crippen molar-refractivity contribution in [3.05, 3.63) is 12.5 Å². The summed E-state index contributed by atoms with van der Waals surface area (Å²) in [4.78, 5) is 4.19. The Bertz CT molecular complexity index is 289. The third-order valence-corrected chi connectivity index (χ3v) is 4.29. The largest absolute Gasteiger partial charge is 0.440 e. The molecule has 1 aliphatic carbocycles. The summed E-state index contributed by atoms with van der Waals surface area (Å²) in [6, 6.07) is 0.630. The summed E-state index contributed by atoms with van der Waals surface area (Å²) in [6.45, 7) is 3.33. The first kappa shape index (κ1) is 12.0. The van der Waals surface area contributed by atoms with Crippen LogP contribution in [0.3, 0.4) is 0 Å². The summed E-state index contributed by atoms with van der Waals surface area (Å²) in [7, 11) is 0. The van der Waals surface area contributed by atoms with Gasteiger partial charge in [-0.3, -0.25) is 0 Å². The predicted octanol–water partition coefficient (Wildman–Crippen LogP) is 3.08. The molecule has 0 bridgehead atoms. The molecule has 0 spiro atoms. The molecule has 2 unspecified atom stereocenters. The molecule has 0 saturated heterocycles. The van der Waals surface area contributed by atoms with E-state index in [2.05, 4.69) is 17.2 Å². The lowest BCUT2D eigenvalue weighted by Gasteiger charge is -2.30. The van der Waals surface area contributed by atoms with Crippen molar-refractivity contribution in [3.8, 4) is 0 Å². The number of rotatable bonds is 5. The molecule has 1 saturated carbocycles. The van der Waals surface area contributed by atoms with Crippen molar-refractivity contribution in [3.63, 3.8) is 0 Å². The highest BCUT2D eigenvalue weighted by atomic mass is 32.2. The average molecular weight is 240 g/mol. The molecule has 2 atom stereocenters. The first-order chi connectivity index (χ1) is 7.90. The average Bonchev–Trinajstić information content (AvgIpc) is 2.81. The molecule has 1 aromatic rings. The van der Waals surface area contributed by atoms with E-state index in [9.17, 15) is 0 Å². The molecule has 90 valence electrons. The number of hydrogen-bond donors (Lipinski definition) is 1. The van der Waals surface area contributed by atoms with E-state index in [1.165, 1.54) is 32.1 Å². The van der Waals surface area contributed by atoms with Crippen LogP contribution in [-0.4, -0.2) is 22.8 Å². The Kier molecular flexibility index (Phi) is 4.72. The van der Waals surface area contributed by atoms with Crippen LogP contribution in [0.15, 0.2) is 22.1 Å². The van der Waals surface area contributed by atoms with Gasteiger partial charge in [0, 0.05) is 11.3 Å². The summed E-state index contributed by atoms with van der Waals surface area (Å²) in [6.07, 6.45) is 9.83. The second-order valence-corrected chi connectivity index (χ2v) is 5.49. The van der Waals surface area contributed by atoms with Crippen molar-refractivity contribution in [2.24, 2.45) is 0 Å². The normalized spacial score (nSPS) is 25.8. The lowest BCUT2D eigenvalue weighted by atomic mass is 9.95. The Hall–Kier alpha value is -0.480. The van der Waals surface area contributed by atoms with E-state index < -0.39 is 0 Å². The minimum absolute atomic E-state index is 0.624. The van der Waals surface area contributed by atoms with E-state index in [0.29, 0.717) is 11.3 Å². The molecule has 16 heavy (non-hydrogen) atoms. The van der Waals surface area contributed by atoms with E-state index in [-0.39, 0.29) is 0 Å². The minimum atomic E-state index is 0.624. The molecule has 2 rings (SSSR count). The van der Waals surface area contributed by atoms with Crippen molar-refractivity contribution < 1.29 is 4.42 Å². The molecule has 0 radical (unpaired) electrons. The zero-order valence-corrected chi connectivity index (χ0v) is 10.6. The number of nitrogens with zero attached hydrogens (tertiary/aromatic N) is 1. The fourth-order valence-corrected chi connectivity index (χ4v) is 3.37. The summed E-state index contributed by atoms with van der Waals surface area (Å²) in [5.74, 6) is 0. The smallest absolute Gasteiger partial charge is 0.255 e. The van der Waals surface area contributed by atoms with E-state index in [1.807, 2.05) is 0 Å². The van der Waals surface area contributed by atoms with E-state index >= 15 is 0 Å². The maximum atomic E-state index is 5.31. The number of hydrogen-bond acceptors (Lipinski definition) is 4. The van der Waals surface area contributed by atoms with Gasteiger partial charge in [0.25, 0.3) is 5.22 Å². The quantitative estimate of drug-likeness (QED) is 0.858. The lowest BCUT2D eigenvalue weighted by Crippen LogP contribution is -2.40. The molecule has 0 aliphatic heterocycles. The standard InChI is InChI=1S/C12H20N2OS/c1-2-7-13-10-5-3-4-6-11(10)16-12-14-8-9-15-12/h8-11,13H,2-7H2,1H3. The highest BCUT2D eigenvalue weighted by molar-refractivity contribution is 7.99. The zero-order valence-electron chi connectivity index (χ0n) is 9.82. The molecule has 1 heterocycles. The summed E-state index contributed by atoms with van der Waals surface area (Å²) in [5.41, 5.74) is 0. The highest BCUT2D eigenvalue weighted by Gasteiger charge is 2.26. The van der Waals surface area contributed by atoms with Crippen LogP contribution in [-0.2, 0) is 0 Å². The van der Waals surface area contributed by atoms with Crippen LogP contribution >= 0.6 is 11.8 Å². The fourth-order valence-electron chi connectivity index (χ4n) is 2.20. The van der Waals surface area contributed by atoms with E-state index in [1.54, 1.807) is 24.2 Å². The summed E-state index contributed by atoms with van der Waals surface area (Å²) >= 11 is 1.79. The van der Waals surface area contributed by atoms with Gasteiger partial charge in [-0.15, -0.1) is 0 Å². The van der Waals surface area contributed by atoms with Crippen LogP contribution in [0.2, 0.25) is 0 Å². The van der Waals surface area contributed by atoms with Gasteiger partial charge in [-0.05, 0) is 25.8 Å². The summed E-state index contributed by atoms with van der Waals surface area (Å²) < 4.78 is 5.31. The van der Waals surface area contributed by atoms with Crippen molar-refractivity contribution in [1.29, 1.82) is 0 Å². The van der Waals surface area contributed by atoms with Crippen LogP contribution in [0.5, 0.6) is 0 Å². The molecule has 1 aliphatic rings. The topological polar surface area (TPSA) is 38.1 Å². The molecule has 1 N–H and O–H groups in total. The third-order valence-electron chi connectivity index (χ3n) is 3.02. The van der Waals surface area contributed by atoms with Gasteiger partial charge in [-0.2, -0.15) is 0 Å². The van der Waals surface area contributed by atoms with E-state index in [4.69, 9.17) is 4.42 Å². The van der Waals surface area contributed by atoms with Gasteiger partial charge in [0.2, 0.25) is 0 Å². The van der Waals surface area contributed by atoms with Crippen LogP contribution < -0.4 is 5.32 Å². The maximum Gasteiger partial charge on any atom is 0.255 e. The van der Waals surface area contributed by atoms with Crippen LogP contribution in [0.25, 0.3) is 0 Å². The minimum Gasteiger partial charge on any atom is -0.440 e. The molecular weight excluding hydrogens is 220 g/mol. The molecule has 3 nitrogen and oxygen atoms in total. The van der Waals surface area contributed by atoms with Gasteiger partial charge >= 0.3 is 0 Å². The van der Waals surface area contributed by atoms with Crippen molar-refractivity contribution in [2.75, 3.05) is 6.54 Å². The number of nitrogens with one attached hydrogen (secondary N) is 1. The summed E-state index contributed by atoms with van der Waals surface area (Å²) in [5, 5.41) is 5.08. The SMILES string of the molecule is CCCNC1CCCCC1Sc1ncco1. The Balaban J connectivity index is 1.88. The second kappa shape index (κ2) is 6.30. The molecule has 1 fully saturated rings. The third kappa shape index (κ3) is 3.25. The van der Waals surface area contributed by atoms with Crippen LogP contribution in [0.4, 0.5) is 0 Å². The Morgan fingerprint density at radius 2 is 2.38 bits per heavy atom. The van der Waals surface area contributed by atoms with Gasteiger partial charge in [0.05, 0.1) is 6.20 Å². The number of aromatic nitrogens is 1. The Labute approximate surface area is 101 Å². The molecule has 4 heteroatoms. The van der Waals surface area contributed by atoms with Crippen molar-refractivity contribution >= 4 is 11.8 Å². The van der Waals surface area contributed by atoms with Gasteiger partial charge in [-0.1, -0.05) is 31.5 Å². The van der Waals surface area contributed by atoms with Gasteiger partial charge in [0.15, 0.2) is 0 Å². The first-order valence-electron chi connectivity index (χ1n) is 6.19. The van der Waals surface area contributed by atoms with Crippen LogP contribution in [0, 0.1) is 0 Å². The van der Waals surface area contributed by atoms with Gasteiger partial charge in [-0.25, -0.2) is 4.98 Å². The lowest BCUT2D eigenvalue weighted by molar-refractivity contribution is 0.380. The van der Waals surface area contributed by atoms with E-state index in [0.717, 1.165) is 11.8 Å². The predicted molar refractivity (Wildman–Crippen MR) is 66.7 cm³/mol. The highest BCUT2D eigenvalue weighted by Crippen LogP contribution is 2.32. The monoisotopic (exact) mass is 240 g/mol. The van der Waals surface area contributed by atoms with Gasteiger partial charge in [0.1, 0.15) is 6.26 Å². The molecule has 1 aromatic heterocycles. The first-order valence-corrected chi connectivity index (χ1v) is 7.07. The van der Waals surface area contributed by atoms with Crippen molar-refractivity contribution in [1.82, 2.24) is 10.3 Å². The number of oxazole rings is 1. The second-order valence-electron chi connectivity index (χ2n) is 4.30. The molecule has 0 aromatic carbocycles. The van der Waals surface area contributed by atoms with Crippen LogP contribution in [0.1, 0.15) is 39.0 Å². The maximum absolute atomic E-state index is 5.31. The fraction of sp³-hybridized carbons (Fsp3) is 0.750. The van der Waals surface area contributed by atoms with Crippen molar-refractivity contribution in [2.45, 2.75) is 55.5 Å². The zero-order chi connectivity index (χ0) is 11.2. The molecule has 0 amide bonds. The molecular formula is C12H20N2OS. The number of thioether (sulfide) groups is 1. The Morgan fingerprint density at radius 3 is 3.12 bits per heavy atom. The van der Waals surface area contributed by atoms with Gasteiger partial charge < -0.3 is 9.73 Å².